The van der Waals surface area contributed by atoms with E-state index in [4.69, 9.17) is 14.9 Å². The van der Waals surface area contributed by atoms with Gasteiger partial charge < -0.3 is 14.9 Å². The highest BCUT2D eigenvalue weighted by atomic mass is 16.5. The van der Waals surface area contributed by atoms with E-state index in [1.807, 2.05) is 6.92 Å². The number of nitrogens with zero attached hydrogens (tertiary/aromatic N) is 2. The lowest BCUT2D eigenvalue weighted by molar-refractivity contribution is 0.0982. The SMILES string of the molecule is CCCCn1c(N)c(N(Cc2ccco2)C(=O)c2cccc(NC(=O)OCC)c2)c(=O)[nH]c1=O. The number of ether oxygens (including phenoxy) is 1. The molecule has 2 amide bonds. The van der Waals surface area contributed by atoms with Crippen LogP contribution < -0.4 is 27.2 Å². The molecule has 180 valence electrons. The molecule has 1 aromatic carbocycles. The van der Waals surface area contributed by atoms with Gasteiger partial charge in [0.2, 0.25) is 0 Å². The number of amides is 2. The first-order valence-corrected chi connectivity index (χ1v) is 10.9. The normalized spacial score (nSPS) is 10.6. The molecule has 0 atom stereocenters. The second kappa shape index (κ2) is 11.0. The Bertz CT molecular complexity index is 1260. The van der Waals surface area contributed by atoms with Crippen LogP contribution in [0.4, 0.5) is 22.0 Å². The van der Waals surface area contributed by atoms with Crippen LogP contribution in [0.3, 0.4) is 0 Å². The van der Waals surface area contributed by atoms with Crippen molar-refractivity contribution in [1.29, 1.82) is 0 Å². The lowest BCUT2D eigenvalue weighted by atomic mass is 10.1. The van der Waals surface area contributed by atoms with Crippen molar-refractivity contribution in [2.24, 2.45) is 0 Å². The van der Waals surface area contributed by atoms with Gasteiger partial charge in [-0.1, -0.05) is 19.4 Å². The molecule has 0 aliphatic carbocycles. The quantitative estimate of drug-likeness (QED) is 0.435. The van der Waals surface area contributed by atoms with Crippen LogP contribution in [-0.2, 0) is 17.8 Å². The van der Waals surface area contributed by atoms with E-state index in [1.54, 1.807) is 31.2 Å². The van der Waals surface area contributed by atoms with Gasteiger partial charge in [0.1, 0.15) is 11.6 Å². The summed E-state index contributed by atoms with van der Waals surface area (Å²) >= 11 is 0. The average molecular weight is 469 g/mol. The predicted octanol–water partition coefficient (Wildman–Crippen LogP) is 2.93. The first-order valence-electron chi connectivity index (χ1n) is 10.9. The van der Waals surface area contributed by atoms with E-state index in [9.17, 15) is 19.2 Å². The summed E-state index contributed by atoms with van der Waals surface area (Å²) in [5.74, 6) is -0.302. The van der Waals surface area contributed by atoms with E-state index in [-0.39, 0.29) is 36.8 Å². The van der Waals surface area contributed by atoms with Gasteiger partial charge in [-0.05, 0) is 43.7 Å². The summed E-state index contributed by atoms with van der Waals surface area (Å²) in [7, 11) is 0. The molecule has 0 spiro atoms. The highest BCUT2D eigenvalue weighted by Gasteiger charge is 2.26. The maximum absolute atomic E-state index is 13.6. The van der Waals surface area contributed by atoms with Gasteiger partial charge in [0.05, 0.1) is 19.4 Å². The number of benzene rings is 1. The summed E-state index contributed by atoms with van der Waals surface area (Å²) < 4.78 is 11.5. The predicted molar refractivity (Wildman–Crippen MR) is 127 cm³/mol. The van der Waals surface area contributed by atoms with Crippen molar-refractivity contribution in [2.75, 3.05) is 22.6 Å². The Morgan fingerprint density at radius 2 is 2.00 bits per heavy atom. The third-order valence-corrected chi connectivity index (χ3v) is 4.99. The smallest absolute Gasteiger partial charge is 0.411 e. The summed E-state index contributed by atoms with van der Waals surface area (Å²) in [4.78, 5) is 53.9. The van der Waals surface area contributed by atoms with Gasteiger partial charge in [-0.3, -0.25) is 29.4 Å². The molecular weight excluding hydrogens is 442 g/mol. The third kappa shape index (κ3) is 5.55. The van der Waals surface area contributed by atoms with Crippen LogP contribution in [0, 0.1) is 0 Å². The molecule has 11 heteroatoms. The molecule has 0 saturated heterocycles. The number of furan rings is 1. The van der Waals surface area contributed by atoms with E-state index < -0.39 is 23.2 Å². The molecule has 2 aromatic heterocycles. The minimum Gasteiger partial charge on any atom is -0.467 e. The number of carbonyl (C=O) groups excluding carboxylic acids is 2. The number of carbonyl (C=O) groups is 2. The zero-order chi connectivity index (χ0) is 24.7. The fourth-order valence-electron chi connectivity index (χ4n) is 3.36. The van der Waals surface area contributed by atoms with Crippen LogP contribution in [0.2, 0.25) is 0 Å². The van der Waals surface area contributed by atoms with Gasteiger partial charge in [0.15, 0.2) is 5.69 Å². The molecule has 0 bridgehead atoms. The average Bonchev–Trinajstić information content (AvgIpc) is 3.31. The van der Waals surface area contributed by atoms with E-state index >= 15 is 0 Å². The maximum atomic E-state index is 13.6. The van der Waals surface area contributed by atoms with Gasteiger partial charge in [-0.15, -0.1) is 0 Å². The highest BCUT2D eigenvalue weighted by Crippen LogP contribution is 2.23. The number of anilines is 3. The number of hydrogen-bond acceptors (Lipinski definition) is 7. The van der Waals surface area contributed by atoms with Gasteiger partial charge in [0.25, 0.3) is 11.5 Å². The molecule has 3 aromatic rings. The Morgan fingerprint density at radius 3 is 2.68 bits per heavy atom. The minimum atomic E-state index is -0.795. The van der Waals surface area contributed by atoms with Crippen molar-refractivity contribution >= 4 is 29.2 Å². The summed E-state index contributed by atoms with van der Waals surface area (Å²) in [5.41, 5.74) is 5.14. The zero-order valence-electron chi connectivity index (χ0n) is 19.0. The van der Waals surface area contributed by atoms with E-state index in [0.717, 1.165) is 11.3 Å². The molecule has 34 heavy (non-hydrogen) atoms. The van der Waals surface area contributed by atoms with E-state index in [2.05, 4.69) is 10.3 Å². The van der Waals surface area contributed by atoms with Crippen molar-refractivity contribution in [3.8, 4) is 0 Å². The molecule has 11 nitrogen and oxygen atoms in total. The van der Waals surface area contributed by atoms with Gasteiger partial charge in [-0.2, -0.15) is 0 Å². The molecule has 0 aliphatic rings. The standard InChI is InChI=1S/C23H27N5O6/c1-3-5-11-27-19(24)18(20(29)26-22(27)31)28(14-17-10-7-12-34-17)21(30)15-8-6-9-16(13-15)25-23(32)33-4-2/h6-10,12-13H,3-5,11,14,24H2,1-2H3,(H,25,32)(H,26,29,31). The van der Waals surface area contributed by atoms with Crippen LogP contribution >= 0.6 is 0 Å². The number of aromatic amines is 1. The van der Waals surface area contributed by atoms with Crippen LogP contribution in [0.5, 0.6) is 0 Å². The lowest BCUT2D eigenvalue weighted by Crippen LogP contribution is -2.41. The van der Waals surface area contributed by atoms with Gasteiger partial charge in [0, 0.05) is 17.8 Å². The molecule has 3 rings (SSSR count). The molecular formula is C23H27N5O6. The molecule has 0 aliphatic heterocycles. The van der Waals surface area contributed by atoms with Crippen molar-refractivity contribution in [3.63, 3.8) is 0 Å². The fraction of sp³-hybridized carbons (Fsp3) is 0.304. The van der Waals surface area contributed by atoms with E-state index in [0.29, 0.717) is 17.9 Å². The summed E-state index contributed by atoms with van der Waals surface area (Å²) in [6, 6.07) is 9.46. The van der Waals surface area contributed by atoms with Crippen LogP contribution in [-0.4, -0.2) is 28.2 Å². The largest absolute Gasteiger partial charge is 0.467 e. The number of nitrogens with two attached hydrogens (primary N) is 1. The van der Waals surface area contributed by atoms with Crippen molar-refractivity contribution in [1.82, 2.24) is 9.55 Å². The van der Waals surface area contributed by atoms with E-state index in [1.165, 1.54) is 23.0 Å². The molecule has 2 heterocycles. The number of H-pyrrole nitrogens is 1. The van der Waals surface area contributed by atoms with Gasteiger partial charge in [-0.25, -0.2) is 9.59 Å². The topological polar surface area (TPSA) is 153 Å². The Labute approximate surface area is 195 Å². The Balaban J connectivity index is 2.06. The second-order valence-corrected chi connectivity index (χ2v) is 7.40. The van der Waals surface area contributed by atoms with Crippen molar-refractivity contribution in [3.05, 3.63) is 74.8 Å². The Kier molecular flexibility index (Phi) is 7.91. The highest BCUT2D eigenvalue weighted by molar-refractivity contribution is 6.07. The minimum absolute atomic E-state index is 0.110. The molecule has 0 radical (unpaired) electrons. The van der Waals surface area contributed by atoms with Crippen LogP contribution in [0.15, 0.2) is 56.7 Å². The van der Waals surface area contributed by atoms with Crippen molar-refractivity contribution < 1.29 is 18.7 Å². The molecule has 0 saturated carbocycles. The fourth-order valence-corrected chi connectivity index (χ4v) is 3.36. The molecule has 0 fully saturated rings. The monoisotopic (exact) mass is 469 g/mol. The van der Waals surface area contributed by atoms with Gasteiger partial charge >= 0.3 is 11.8 Å². The molecule has 0 unspecified atom stereocenters. The first-order chi connectivity index (χ1) is 16.3. The third-order valence-electron chi connectivity index (χ3n) is 4.99. The number of aromatic nitrogens is 2. The first kappa shape index (κ1) is 24.4. The second-order valence-electron chi connectivity index (χ2n) is 7.40. The Hall–Kier alpha value is -4.28. The molecule has 4 N–H and O–H groups in total. The Morgan fingerprint density at radius 1 is 1.21 bits per heavy atom. The lowest BCUT2D eigenvalue weighted by Gasteiger charge is -2.24. The number of rotatable bonds is 9. The summed E-state index contributed by atoms with van der Waals surface area (Å²) in [6.45, 7) is 4.00. The number of hydrogen-bond donors (Lipinski definition) is 3. The number of nitrogen functional groups attached to an aromatic ring is 1. The number of unbranched alkanes of at least 4 members (excludes halogenated alkanes) is 1. The van der Waals surface area contributed by atoms with Crippen molar-refractivity contribution in [2.45, 2.75) is 39.8 Å². The maximum Gasteiger partial charge on any atom is 0.411 e. The van der Waals surface area contributed by atoms with Crippen LogP contribution in [0.1, 0.15) is 42.8 Å². The van der Waals surface area contributed by atoms with Crippen LogP contribution in [0.25, 0.3) is 0 Å². The summed E-state index contributed by atoms with van der Waals surface area (Å²) in [6.07, 6.45) is 2.24. The number of nitrogens with one attached hydrogen (secondary N) is 2. The summed E-state index contributed by atoms with van der Waals surface area (Å²) in [5, 5.41) is 2.54. The zero-order valence-corrected chi connectivity index (χ0v) is 19.0.